The Balaban J connectivity index is 1.81. The molecule has 1 aromatic heterocycles. The Hall–Kier alpha value is -0.740. The number of carbonyl (C=O) groups is 1. The zero-order valence-electron chi connectivity index (χ0n) is 8.95. The van der Waals surface area contributed by atoms with Crippen molar-refractivity contribution >= 4 is 17.1 Å². The van der Waals surface area contributed by atoms with Gasteiger partial charge in [-0.2, -0.15) is 0 Å². The highest BCUT2D eigenvalue weighted by Crippen LogP contribution is 2.13. The third-order valence-electron chi connectivity index (χ3n) is 2.65. The van der Waals surface area contributed by atoms with Crippen LogP contribution < -0.4 is 5.32 Å². The molecule has 0 amide bonds. The summed E-state index contributed by atoms with van der Waals surface area (Å²) in [5.74, 6) is 0.309. The first kappa shape index (κ1) is 10.8. The first-order valence-electron chi connectivity index (χ1n) is 5.40. The van der Waals surface area contributed by atoms with Gasteiger partial charge in [-0.25, -0.2) is 4.98 Å². The maximum Gasteiger partial charge on any atom is 0.141 e. The molecule has 1 atom stereocenters. The minimum Gasteiger partial charge on any atom is -0.314 e. The van der Waals surface area contributed by atoms with E-state index in [1.54, 1.807) is 11.3 Å². The summed E-state index contributed by atoms with van der Waals surface area (Å²) in [7, 11) is 0. The molecule has 1 saturated heterocycles. The molecule has 0 aromatic carbocycles. The Labute approximate surface area is 93.9 Å². The van der Waals surface area contributed by atoms with Gasteiger partial charge in [0.25, 0.3) is 0 Å². The van der Waals surface area contributed by atoms with Gasteiger partial charge in [0.05, 0.1) is 6.42 Å². The summed E-state index contributed by atoms with van der Waals surface area (Å²) < 4.78 is 0. The Bertz CT molecular complexity index is 342. The Kier molecular flexibility index (Phi) is 3.49. The highest BCUT2D eigenvalue weighted by Gasteiger charge is 2.18. The normalized spacial score (nSPS) is 20.7. The molecule has 0 aliphatic carbocycles. The maximum atomic E-state index is 11.7. The van der Waals surface area contributed by atoms with Gasteiger partial charge in [0.15, 0.2) is 0 Å². The van der Waals surface area contributed by atoms with Crippen LogP contribution in [0.5, 0.6) is 0 Å². The summed E-state index contributed by atoms with van der Waals surface area (Å²) in [6, 6.07) is 0.415. The van der Waals surface area contributed by atoms with Crippen molar-refractivity contribution in [2.45, 2.75) is 38.6 Å². The molecular weight excluding hydrogens is 208 g/mol. The molecule has 1 aliphatic rings. The van der Waals surface area contributed by atoms with Crippen LogP contribution in [-0.4, -0.2) is 23.4 Å². The molecular formula is C11H16N2OS. The van der Waals surface area contributed by atoms with E-state index in [-0.39, 0.29) is 0 Å². The molecule has 1 unspecified atom stereocenters. The summed E-state index contributed by atoms with van der Waals surface area (Å²) in [5.41, 5.74) is 1.02. The summed E-state index contributed by atoms with van der Waals surface area (Å²) in [6.07, 6.45) is 3.52. The molecule has 2 rings (SSSR count). The van der Waals surface area contributed by atoms with Crippen LogP contribution in [0.4, 0.5) is 0 Å². The highest BCUT2D eigenvalue weighted by molar-refractivity contribution is 7.09. The lowest BCUT2D eigenvalue weighted by Gasteiger charge is -2.07. The Morgan fingerprint density at radius 1 is 1.73 bits per heavy atom. The van der Waals surface area contributed by atoms with Crippen LogP contribution in [0.3, 0.4) is 0 Å². The minimum absolute atomic E-state index is 0.309. The van der Waals surface area contributed by atoms with Crippen LogP contribution in [0.15, 0.2) is 5.38 Å². The summed E-state index contributed by atoms with van der Waals surface area (Å²) in [4.78, 5) is 16.0. The van der Waals surface area contributed by atoms with Gasteiger partial charge in [0.2, 0.25) is 0 Å². The van der Waals surface area contributed by atoms with Crippen molar-refractivity contribution < 1.29 is 4.79 Å². The van der Waals surface area contributed by atoms with Crippen molar-refractivity contribution in [1.29, 1.82) is 0 Å². The number of ketones is 1. The van der Waals surface area contributed by atoms with E-state index in [9.17, 15) is 4.79 Å². The van der Waals surface area contributed by atoms with Crippen molar-refractivity contribution in [3.63, 3.8) is 0 Å². The lowest BCUT2D eigenvalue weighted by Crippen LogP contribution is -2.25. The van der Waals surface area contributed by atoms with E-state index in [4.69, 9.17) is 0 Å². The molecule has 15 heavy (non-hydrogen) atoms. The molecule has 0 bridgehead atoms. The van der Waals surface area contributed by atoms with Crippen LogP contribution in [0.25, 0.3) is 0 Å². The molecule has 0 saturated carbocycles. The third-order valence-corrected chi connectivity index (χ3v) is 3.62. The number of aromatic nitrogens is 1. The molecule has 1 fully saturated rings. The number of hydrogen-bond acceptors (Lipinski definition) is 4. The molecule has 0 radical (unpaired) electrons. The topological polar surface area (TPSA) is 42.0 Å². The predicted octanol–water partition coefficient (Wildman–Crippen LogP) is 1.71. The minimum atomic E-state index is 0.309. The number of thiazole rings is 1. The average Bonchev–Trinajstić information content (AvgIpc) is 2.77. The van der Waals surface area contributed by atoms with Crippen LogP contribution >= 0.6 is 11.3 Å². The molecule has 0 spiro atoms. The second-order valence-electron chi connectivity index (χ2n) is 4.10. The van der Waals surface area contributed by atoms with E-state index in [1.165, 1.54) is 6.42 Å². The maximum absolute atomic E-state index is 11.7. The van der Waals surface area contributed by atoms with E-state index < -0.39 is 0 Å². The fourth-order valence-electron chi connectivity index (χ4n) is 1.93. The summed E-state index contributed by atoms with van der Waals surface area (Å²) in [5, 5.41) is 6.29. The van der Waals surface area contributed by atoms with Gasteiger partial charge >= 0.3 is 0 Å². The summed E-state index contributed by atoms with van der Waals surface area (Å²) in [6.45, 7) is 3.03. The van der Waals surface area contributed by atoms with Gasteiger partial charge in [-0.15, -0.1) is 11.3 Å². The predicted molar refractivity (Wildman–Crippen MR) is 61.2 cm³/mol. The van der Waals surface area contributed by atoms with Crippen LogP contribution in [0.1, 0.15) is 30.0 Å². The highest BCUT2D eigenvalue weighted by atomic mass is 32.1. The molecule has 1 aliphatic heterocycles. The van der Waals surface area contributed by atoms with Crippen molar-refractivity contribution in [2.75, 3.05) is 6.54 Å². The number of hydrogen-bond donors (Lipinski definition) is 1. The van der Waals surface area contributed by atoms with Gasteiger partial charge in [0.1, 0.15) is 10.8 Å². The number of Topliss-reactive ketones (excluding diaryl/α,β-unsaturated/α-hetero) is 1. The van der Waals surface area contributed by atoms with Gasteiger partial charge in [-0.3, -0.25) is 4.79 Å². The van der Waals surface area contributed by atoms with E-state index in [0.717, 1.165) is 23.7 Å². The average molecular weight is 224 g/mol. The van der Waals surface area contributed by atoms with Crippen LogP contribution in [0, 0.1) is 6.92 Å². The lowest BCUT2D eigenvalue weighted by atomic mass is 10.1. The number of rotatable bonds is 4. The van der Waals surface area contributed by atoms with E-state index in [2.05, 4.69) is 10.3 Å². The van der Waals surface area contributed by atoms with Crippen molar-refractivity contribution in [3.05, 3.63) is 16.1 Å². The van der Waals surface area contributed by atoms with E-state index in [1.807, 2.05) is 12.3 Å². The van der Waals surface area contributed by atoms with Gasteiger partial charge in [-0.05, 0) is 26.3 Å². The van der Waals surface area contributed by atoms with Crippen LogP contribution in [-0.2, 0) is 11.2 Å². The molecule has 3 nitrogen and oxygen atoms in total. The zero-order chi connectivity index (χ0) is 10.7. The molecule has 2 heterocycles. The Morgan fingerprint density at radius 2 is 2.60 bits per heavy atom. The summed E-state index contributed by atoms with van der Waals surface area (Å²) >= 11 is 1.58. The lowest BCUT2D eigenvalue weighted by molar-refractivity contribution is -0.118. The largest absolute Gasteiger partial charge is 0.314 e. The standard InChI is InChI=1S/C11H16N2OS/c1-8-7-15-11(13-8)6-10(14)5-9-3-2-4-12-9/h7,9,12H,2-6H2,1H3. The second kappa shape index (κ2) is 4.86. The quantitative estimate of drug-likeness (QED) is 0.846. The number of aryl methyl sites for hydroxylation is 1. The Morgan fingerprint density at radius 3 is 3.20 bits per heavy atom. The number of nitrogens with zero attached hydrogens (tertiary/aromatic N) is 1. The molecule has 4 heteroatoms. The van der Waals surface area contributed by atoms with Gasteiger partial charge < -0.3 is 5.32 Å². The zero-order valence-corrected chi connectivity index (χ0v) is 9.77. The van der Waals surface area contributed by atoms with Gasteiger partial charge in [-0.1, -0.05) is 0 Å². The van der Waals surface area contributed by atoms with Crippen molar-refractivity contribution in [1.82, 2.24) is 10.3 Å². The molecule has 1 aromatic rings. The molecule has 82 valence electrons. The molecule has 1 N–H and O–H groups in total. The smallest absolute Gasteiger partial charge is 0.141 e. The second-order valence-corrected chi connectivity index (χ2v) is 5.04. The number of nitrogens with one attached hydrogen (secondary N) is 1. The first-order chi connectivity index (χ1) is 7.24. The van der Waals surface area contributed by atoms with E-state index >= 15 is 0 Å². The van der Waals surface area contributed by atoms with Gasteiger partial charge in [0, 0.05) is 23.5 Å². The third kappa shape index (κ3) is 3.11. The van der Waals surface area contributed by atoms with Crippen molar-refractivity contribution in [2.24, 2.45) is 0 Å². The fourth-order valence-corrected chi connectivity index (χ4v) is 2.73. The van der Waals surface area contributed by atoms with Crippen LogP contribution in [0.2, 0.25) is 0 Å². The first-order valence-corrected chi connectivity index (χ1v) is 6.28. The monoisotopic (exact) mass is 224 g/mol. The SMILES string of the molecule is Cc1csc(CC(=O)CC2CCCN2)n1. The fraction of sp³-hybridized carbons (Fsp3) is 0.636. The number of carbonyl (C=O) groups excluding carboxylic acids is 1. The van der Waals surface area contributed by atoms with E-state index in [0.29, 0.717) is 24.7 Å². The van der Waals surface area contributed by atoms with Crippen molar-refractivity contribution in [3.8, 4) is 0 Å².